The van der Waals surface area contributed by atoms with Crippen molar-refractivity contribution in [1.82, 2.24) is 0 Å². The summed E-state index contributed by atoms with van der Waals surface area (Å²) in [6.07, 6.45) is -2.74. The molecule has 0 aromatic heterocycles. The topological polar surface area (TPSA) is 177 Å². The highest BCUT2D eigenvalue weighted by molar-refractivity contribution is 5.92. The van der Waals surface area contributed by atoms with Gasteiger partial charge in [0, 0.05) is 6.42 Å². The number of hydrogen-bond acceptors (Lipinski definition) is 9. The Morgan fingerprint density at radius 2 is 1.04 bits per heavy atom. The molecule has 0 bridgehead atoms. The zero-order valence-corrected chi connectivity index (χ0v) is 11.9. The number of oxime groups is 1. The van der Waals surface area contributed by atoms with E-state index in [1.807, 2.05) is 0 Å². The summed E-state index contributed by atoms with van der Waals surface area (Å²) in [5.74, 6) is -6.01. The first kappa shape index (κ1) is 20.0. The molecule has 11 nitrogen and oxygen atoms in total. The minimum Gasteiger partial charge on any atom is -0.481 e. The lowest BCUT2D eigenvalue weighted by molar-refractivity contribution is -0.161. The summed E-state index contributed by atoms with van der Waals surface area (Å²) < 4.78 is 8.80. The van der Waals surface area contributed by atoms with Crippen LogP contribution >= 0.6 is 0 Å². The molecule has 0 radical (unpaired) electrons. The van der Waals surface area contributed by atoms with Gasteiger partial charge in [0.05, 0.1) is 32.1 Å². The van der Waals surface area contributed by atoms with Gasteiger partial charge >= 0.3 is 29.8 Å². The van der Waals surface area contributed by atoms with Crippen LogP contribution in [0, 0.1) is 0 Å². The minimum atomic E-state index is -1.22. The maximum absolute atomic E-state index is 11.3. The molecule has 0 aliphatic rings. The number of carboxylic acids is 2. The molecule has 0 fully saturated rings. The number of carbonyl (C=O) groups excluding carboxylic acids is 3. The number of nitrogens with zero attached hydrogens (tertiary/aromatic N) is 1. The summed E-state index contributed by atoms with van der Waals surface area (Å²) >= 11 is 0. The van der Waals surface area contributed by atoms with Crippen molar-refractivity contribution in [2.24, 2.45) is 5.16 Å². The van der Waals surface area contributed by atoms with E-state index in [0.29, 0.717) is 0 Å². The molecule has 0 saturated heterocycles. The standard InChI is InChI=1S/C12H15NO10/c14-8(15)2-5-10(18)22-7(13-21)1-4-11(19)23-12(20)6-3-9(16)17/h21H,1-6H2,(H,14,15)(H,16,17)/b13-7-. The van der Waals surface area contributed by atoms with E-state index in [1.165, 1.54) is 0 Å². The van der Waals surface area contributed by atoms with Gasteiger partial charge < -0.3 is 24.9 Å². The molecule has 0 aliphatic heterocycles. The lowest BCUT2D eigenvalue weighted by Crippen LogP contribution is -2.17. The maximum atomic E-state index is 11.3. The third-order valence-electron chi connectivity index (χ3n) is 2.20. The number of esters is 3. The Bertz CT molecular complexity index is 510. The molecule has 0 heterocycles. The van der Waals surface area contributed by atoms with E-state index in [4.69, 9.17) is 15.4 Å². The van der Waals surface area contributed by atoms with Gasteiger partial charge in [0.25, 0.3) is 0 Å². The highest BCUT2D eigenvalue weighted by atomic mass is 16.6. The molecule has 128 valence electrons. The Labute approximate surface area is 129 Å². The molecule has 3 N–H and O–H groups in total. The number of hydrogen-bond donors (Lipinski definition) is 3. The molecule has 0 aromatic rings. The predicted octanol–water partition coefficient (Wildman–Crippen LogP) is -0.103. The van der Waals surface area contributed by atoms with Crippen LogP contribution < -0.4 is 0 Å². The van der Waals surface area contributed by atoms with Crippen LogP contribution in [0.5, 0.6) is 0 Å². The summed E-state index contributed by atoms with van der Waals surface area (Å²) in [4.78, 5) is 54.0. The fourth-order valence-corrected chi connectivity index (χ4v) is 1.16. The van der Waals surface area contributed by atoms with E-state index in [9.17, 15) is 24.0 Å². The lowest BCUT2D eigenvalue weighted by Gasteiger charge is -2.05. The number of carboxylic acid groups (broad SMARTS) is 2. The van der Waals surface area contributed by atoms with Crippen LogP contribution in [0.2, 0.25) is 0 Å². The van der Waals surface area contributed by atoms with Gasteiger partial charge in [-0.2, -0.15) is 0 Å². The predicted molar refractivity (Wildman–Crippen MR) is 69.4 cm³/mol. The first-order valence-corrected chi connectivity index (χ1v) is 6.33. The Hall–Kier alpha value is -2.98. The van der Waals surface area contributed by atoms with Gasteiger partial charge in [0.15, 0.2) is 0 Å². The molecular weight excluding hydrogens is 318 g/mol. The van der Waals surface area contributed by atoms with Crippen LogP contribution in [0.25, 0.3) is 0 Å². The van der Waals surface area contributed by atoms with Crippen LogP contribution in [-0.2, 0) is 33.4 Å². The van der Waals surface area contributed by atoms with Crippen molar-refractivity contribution in [3.05, 3.63) is 0 Å². The van der Waals surface area contributed by atoms with Gasteiger partial charge in [-0.3, -0.25) is 24.0 Å². The zero-order chi connectivity index (χ0) is 17.8. The molecule has 0 unspecified atom stereocenters. The summed E-state index contributed by atoms with van der Waals surface area (Å²) in [6, 6.07) is 0. The van der Waals surface area contributed by atoms with Crippen molar-refractivity contribution in [2.45, 2.75) is 38.5 Å². The highest BCUT2D eigenvalue weighted by Gasteiger charge is 2.16. The van der Waals surface area contributed by atoms with Crippen molar-refractivity contribution in [2.75, 3.05) is 0 Å². The highest BCUT2D eigenvalue weighted by Crippen LogP contribution is 2.03. The second kappa shape index (κ2) is 10.7. The molecule has 0 aromatic carbocycles. The Morgan fingerprint density at radius 1 is 0.652 bits per heavy atom. The normalized spacial score (nSPS) is 10.7. The summed E-state index contributed by atoms with van der Waals surface area (Å²) in [5.41, 5.74) is 0. The third-order valence-corrected chi connectivity index (χ3v) is 2.20. The first-order valence-electron chi connectivity index (χ1n) is 6.33. The van der Waals surface area contributed by atoms with Crippen molar-refractivity contribution >= 4 is 35.7 Å². The van der Waals surface area contributed by atoms with Crippen molar-refractivity contribution in [3.8, 4) is 0 Å². The second-order valence-corrected chi connectivity index (χ2v) is 4.10. The van der Waals surface area contributed by atoms with E-state index in [2.05, 4.69) is 14.6 Å². The van der Waals surface area contributed by atoms with Crippen molar-refractivity contribution < 1.29 is 48.9 Å². The average Bonchev–Trinajstić information content (AvgIpc) is 2.47. The Balaban J connectivity index is 4.13. The lowest BCUT2D eigenvalue weighted by atomic mass is 10.3. The van der Waals surface area contributed by atoms with Crippen LogP contribution in [0.1, 0.15) is 38.5 Å². The van der Waals surface area contributed by atoms with E-state index in [-0.39, 0.29) is 6.42 Å². The number of carbonyl (C=O) groups is 5. The molecule has 0 atom stereocenters. The number of ether oxygens (including phenoxy) is 2. The molecule has 0 amide bonds. The number of rotatable bonds is 9. The Morgan fingerprint density at radius 3 is 1.43 bits per heavy atom. The smallest absolute Gasteiger partial charge is 0.314 e. The summed E-state index contributed by atoms with van der Waals surface area (Å²) in [7, 11) is 0. The summed E-state index contributed by atoms with van der Waals surface area (Å²) in [6.45, 7) is 0. The van der Waals surface area contributed by atoms with Gasteiger partial charge in [-0.1, -0.05) is 5.16 Å². The first-order chi connectivity index (χ1) is 10.7. The second-order valence-electron chi connectivity index (χ2n) is 4.10. The fraction of sp³-hybridized carbons (Fsp3) is 0.500. The van der Waals surface area contributed by atoms with E-state index < -0.39 is 67.8 Å². The number of aliphatic carboxylic acids is 2. The molecular formula is C12H15NO10. The van der Waals surface area contributed by atoms with Crippen LogP contribution in [-0.4, -0.2) is 51.2 Å². The van der Waals surface area contributed by atoms with Gasteiger partial charge in [0.2, 0.25) is 5.90 Å². The maximum Gasteiger partial charge on any atom is 0.314 e. The van der Waals surface area contributed by atoms with E-state index >= 15 is 0 Å². The van der Waals surface area contributed by atoms with E-state index in [0.717, 1.165) is 0 Å². The Kier molecular flexibility index (Phi) is 9.32. The fourth-order valence-electron chi connectivity index (χ4n) is 1.16. The molecule has 0 aliphatic carbocycles. The van der Waals surface area contributed by atoms with Crippen LogP contribution in [0.4, 0.5) is 0 Å². The summed E-state index contributed by atoms with van der Waals surface area (Å²) in [5, 5.41) is 27.9. The SMILES string of the molecule is O=C(O)CCC(=O)OC(=O)CC/C(=N/O)OC(=O)CCC(=O)O. The van der Waals surface area contributed by atoms with E-state index in [1.54, 1.807) is 0 Å². The average molecular weight is 333 g/mol. The largest absolute Gasteiger partial charge is 0.481 e. The van der Waals surface area contributed by atoms with Gasteiger partial charge in [-0.05, 0) is 0 Å². The minimum absolute atomic E-state index is 0.375. The molecule has 23 heavy (non-hydrogen) atoms. The zero-order valence-electron chi connectivity index (χ0n) is 11.9. The van der Waals surface area contributed by atoms with Gasteiger partial charge in [-0.15, -0.1) is 0 Å². The van der Waals surface area contributed by atoms with Crippen LogP contribution in [0.3, 0.4) is 0 Å². The van der Waals surface area contributed by atoms with Crippen molar-refractivity contribution in [1.29, 1.82) is 0 Å². The quantitative estimate of drug-likeness (QED) is 0.129. The monoisotopic (exact) mass is 333 g/mol. The molecule has 0 spiro atoms. The van der Waals surface area contributed by atoms with Crippen LogP contribution in [0.15, 0.2) is 5.16 Å². The third kappa shape index (κ3) is 11.4. The van der Waals surface area contributed by atoms with Gasteiger partial charge in [0.1, 0.15) is 0 Å². The van der Waals surface area contributed by atoms with Crippen molar-refractivity contribution in [3.63, 3.8) is 0 Å². The van der Waals surface area contributed by atoms with Gasteiger partial charge in [-0.25, -0.2) is 0 Å². The molecule has 11 heteroatoms. The molecule has 0 saturated carbocycles. The molecule has 0 rings (SSSR count).